The third-order valence-electron chi connectivity index (χ3n) is 6.17. The van der Waals surface area contributed by atoms with E-state index in [0.29, 0.717) is 16.6 Å². The number of nitrogens with zero attached hydrogens (tertiary/aromatic N) is 4. The van der Waals surface area contributed by atoms with Gasteiger partial charge in [-0.1, -0.05) is 23.5 Å². The van der Waals surface area contributed by atoms with Gasteiger partial charge in [0.05, 0.1) is 11.3 Å². The van der Waals surface area contributed by atoms with Gasteiger partial charge in [0.2, 0.25) is 0 Å². The highest BCUT2D eigenvalue weighted by Crippen LogP contribution is 2.30. The van der Waals surface area contributed by atoms with E-state index in [9.17, 15) is 4.79 Å². The first-order valence-electron chi connectivity index (χ1n) is 10.8. The second-order valence-electron chi connectivity index (χ2n) is 8.45. The van der Waals surface area contributed by atoms with Crippen LogP contribution in [0.1, 0.15) is 40.5 Å². The van der Waals surface area contributed by atoms with Crippen LogP contribution in [0.2, 0.25) is 0 Å². The lowest BCUT2D eigenvalue weighted by Gasteiger charge is -2.28. The van der Waals surface area contributed by atoms with Gasteiger partial charge in [0, 0.05) is 46.8 Å². The van der Waals surface area contributed by atoms with Crippen molar-refractivity contribution in [2.24, 2.45) is 0 Å². The van der Waals surface area contributed by atoms with Crippen molar-refractivity contribution in [2.45, 2.75) is 25.2 Å². The van der Waals surface area contributed by atoms with Gasteiger partial charge in [-0.2, -0.15) is 0 Å². The summed E-state index contributed by atoms with van der Waals surface area (Å²) in [6.07, 6.45) is 7.83. The van der Waals surface area contributed by atoms with Gasteiger partial charge in [-0.15, -0.1) is 0 Å². The van der Waals surface area contributed by atoms with E-state index in [2.05, 4.69) is 33.0 Å². The Bertz CT molecular complexity index is 1280. The summed E-state index contributed by atoms with van der Waals surface area (Å²) in [5.41, 5.74) is 9.35. The van der Waals surface area contributed by atoms with Gasteiger partial charge in [-0.3, -0.25) is 14.8 Å². The predicted molar refractivity (Wildman–Crippen MR) is 129 cm³/mol. The molecule has 32 heavy (non-hydrogen) atoms. The molecule has 3 aromatic heterocycles. The van der Waals surface area contributed by atoms with Crippen molar-refractivity contribution in [2.75, 3.05) is 25.9 Å². The fourth-order valence-electron chi connectivity index (χ4n) is 4.27. The molecule has 0 spiro atoms. The molecule has 0 unspecified atom stereocenters. The maximum Gasteiger partial charge on any atom is 0.180 e. The zero-order valence-corrected chi connectivity index (χ0v) is 18.8. The molecule has 162 valence electrons. The molecule has 4 heterocycles. The summed E-state index contributed by atoms with van der Waals surface area (Å²) >= 11 is 1.46. The molecule has 6 nitrogen and oxygen atoms in total. The van der Waals surface area contributed by atoms with Crippen LogP contribution in [0.4, 0.5) is 5.13 Å². The van der Waals surface area contributed by atoms with E-state index in [1.807, 2.05) is 36.5 Å². The lowest BCUT2D eigenvalue weighted by molar-refractivity contribution is 0.0991. The van der Waals surface area contributed by atoms with E-state index in [0.717, 1.165) is 58.5 Å². The van der Waals surface area contributed by atoms with Crippen molar-refractivity contribution in [1.82, 2.24) is 19.9 Å². The zero-order chi connectivity index (χ0) is 22.1. The van der Waals surface area contributed by atoms with Crippen LogP contribution in [-0.4, -0.2) is 45.8 Å². The monoisotopic (exact) mass is 443 g/mol. The zero-order valence-electron chi connectivity index (χ0n) is 18.0. The third-order valence-corrected chi connectivity index (χ3v) is 7.04. The number of pyridine rings is 2. The lowest BCUT2D eigenvalue weighted by atomic mass is 9.92. The summed E-state index contributed by atoms with van der Waals surface area (Å²) in [5, 5.41) is 2.64. The van der Waals surface area contributed by atoms with Crippen LogP contribution in [0.15, 0.2) is 55.0 Å². The Labute approximate surface area is 191 Å². The highest BCUT2D eigenvalue weighted by molar-refractivity contribution is 7.18. The Hall–Kier alpha value is -3.16. The van der Waals surface area contributed by atoms with Crippen LogP contribution in [0.3, 0.4) is 0 Å². The molecule has 1 aromatic carbocycles. The number of fused-ring (bicyclic) bond motifs is 1. The van der Waals surface area contributed by atoms with E-state index < -0.39 is 0 Å². The number of carbonyl (C=O) groups is 1. The highest BCUT2D eigenvalue weighted by Gasteiger charge is 2.20. The molecule has 7 heteroatoms. The molecule has 0 saturated carbocycles. The quantitative estimate of drug-likeness (QED) is 0.455. The number of thiazole rings is 1. The topological polar surface area (TPSA) is 85.0 Å². The minimum atomic E-state index is 0.0693. The van der Waals surface area contributed by atoms with Crippen molar-refractivity contribution in [3.63, 3.8) is 0 Å². The molecule has 4 aromatic rings. The average Bonchev–Trinajstić information content (AvgIpc) is 3.25. The number of hydrogen-bond acceptors (Lipinski definition) is 7. The highest BCUT2D eigenvalue weighted by atomic mass is 32.1. The van der Waals surface area contributed by atoms with Crippen molar-refractivity contribution in [1.29, 1.82) is 0 Å². The number of hydrogen-bond donors (Lipinski definition) is 1. The molecule has 0 radical (unpaired) electrons. The number of nitrogen functional groups attached to an aromatic ring is 1. The largest absolute Gasteiger partial charge is 0.375 e. The molecule has 5 rings (SSSR count). The minimum Gasteiger partial charge on any atom is -0.375 e. The second kappa shape index (κ2) is 8.76. The van der Waals surface area contributed by atoms with Gasteiger partial charge >= 0.3 is 0 Å². The predicted octanol–water partition coefficient (Wildman–Crippen LogP) is 4.57. The van der Waals surface area contributed by atoms with Crippen molar-refractivity contribution >= 4 is 33.0 Å². The number of Topliss-reactive ketones (excluding diaryl/α,β-unsaturated/α-hetero) is 1. The van der Waals surface area contributed by atoms with Crippen LogP contribution in [0.25, 0.3) is 21.2 Å². The molecule has 1 saturated heterocycles. The summed E-state index contributed by atoms with van der Waals surface area (Å²) in [6.45, 7) is 2.14. The summed E-state index contributed by atoms with van der Waals surface area (Å²) in [7, 11) is 2.15. The molecule has 0 bridgehead atoms. The number of nitrogens with two attached hydrogens (primary N) is 1. The number of benzene rings is 1. The van der Waals surface area contributed by atoms with Crippen LogP contribution in [0.5, 0.6) is 0 Å². The van der Waals surface area contributed by atoms with Gasteiger partial charge in [0.15, 0.2) is 10.9 Å². The molecule has 0 atom stereocenters. The van der Waals surface area contributed by atoms with Crippen LogP contribution >= 0.6 is 11.3 Å². The Morgan fingerprint density at radius 2 is 1.91 bits per heavy atom. The fraction of sp³-hybridized carbons (Fsp3) is 0.280. The smallest absolute Gasteiger partial charge is 0.180 e. The average molecular weight is 444 g/mol. The molecular weight excluding hydrogens is 418 g/mol. The molecule has 1 aliphatic heterocycles. The SMILES string of the molecule is CN1CCC(c2cc(C(=O)Cc3cc4cc(-c5cnc(N)s5)ccc4cn3)ccn2)CC1. The second-order valence-corrected chi connectivity index (χ2v) is 9.51. The summed E-state index contributed by atoms with van der Waals surface area (Å²) in [4.78, 5) is 29.6. The molecular formula is C25H25N5OS. The molecule has 1 aliphatic rings. The van der Waals surface area contributed by atoms with Gasteiger partial charge in [0.1, 0.15) is 0 Å². The lowest BCUT2D eigenvalue weighted by Crippen LogP contribution is -2.29. The Morgan fingerprint density at radius 1 is 1.06 bits per heavy atom. The molecule has 2 N–H and O–H groups in total. The molecule has 0 aliphatic carbocycles. The maximum atomic E-state index is 13.0. The fourth-order valence-corrected chi connectivity index (χ4v) is 4.95. The maximum absolute atomic E-state index is 13.0. The van der Waals surface area contributed by atoms with Crippen molar-refractivity contribution in [3.05, 3.63) is 71.9 Å². The number of ketones is 1. The van der Waals surface area contributed by atoms with Gasteiger partial charge in [-0.25, -0.2) is 4.98 Å². The van der Waals surface area contributed by atoms with E-state index >= 15 is 0 Å². The van der Waals surface area contributed by atoms with Gasteiger partial charge in [0.25, 0.3) is 0 Å². The third kappa shape index (κ3) is 4.40. The van der Waals surface area contributed by atoms with E-state index in [-0.39, 0.29) is 12.2 Å². The first kappa shape index (κ1) is 20.7. The first-order valence-corrected chi connectivity index (χ1v) is 11.6. The number of likely N-dealkylation sites (tertiary alicyclic amines) is 1. The number of anilines is 1. The van der Waals surface area contributed by atoms with Gasteiger partial charge < -0.3 is 10.6 Å². The number of carbonyl (C=O) groups excluding carboxylic acids is 1. The number of piperidine rings is 1. The first-order chi connectivity index (χ1) is 15.5. The Balaban J connectivity index is 1.36. The number of aromatic nitrogens is 3. The molecule has 0 amide bonds. The summed E-state index contributed by atoms with van der Waals surface area (Å²) < 4.78 is 0. The van der Waals surface area contributed by atoms with Crippen LogP contribution < -0.4 is 5.73 Å². The van der Waals surface area contributed by atoms with Crippen molar-refractivity contribution < 1.29 is 4.79 Å². The summed E-state index contributed by atoms with van der Waals surface area (Å²) in [6, 6.07) is 12.0. The summed E-state index contributed by atoms with van der Waals surface area (Å²) in [5.74, 6) is 0.497. The van der Waals surface area contributed by atoms with E-state index in [1.165, 1.54) is 11.3 Å². The standard InChI is InChI=1S/C25H25N5OS/c1-30-8-5-16(6-9-30)22-12-17(4-7-27-22)23(31)13-21-11-20-10-18(2-3-19(20)14-28-21)24-15-29-25(26)32-24/h2-4,7,10-12,14-16H,5-6,8-9,13H2,1H3,(H2,26,29). The molecule has 1 fully saturated rings. The van der Waals surface area contributed by atoms with E-state index in [1.54, 1.807) is 12.4 Å². The number of rotatable bonds is 5. The Morgan fingerprint density at radius 3 is 2.69 bits per heavy atom. The minimum absolute atomic E-state index is 0.0693. The normalized spacial score (nSPS) is 15.3. The van der Waals surface area contributed by atoms with Crippen molar-refractivity contribution in [3.8, 4) is 10.4 Å². The van der Waals surface area contributed by atoms with E-state index in [4.69, 9.17) is 5.73 Å². The van der Waals surface area contributed by atoms with Crippen LogP contribution in [0, 0.1) is 0 Å². The van der Waals surface area contributed by atoms with Gasteiger partial charge in [-0.05, 0) is 68.2 Å². The Kier molecular flexibility index (Phi) is 5.68. The van der Waals surface area contributed by atoms with Crippen LogP contribution in [-0.2, 0) is 6.42 Å².